The molecule has 0 bridgehead atoms. The van der Waals surface area contributed by atoms with Crippen LogP contribution >= 0.6 is 0 Å². The van der Waals surface area contributed by atoms with Gasteiger partial charge in [-0.3, -0.25) is 0 Å². The third kappa shape index (κ3) is 3.31. The maximum absolute atomic E-state index is 11.7. The van der Waals surface area contributed by atoms with E-state index in [0.717, 1.165) is 11.1 Å². The second-order valence-electron chi connectivity index (χ2n) is 5.33. The lowest BCUT2D eigenvalue weighted by atomic mass is 10.0. The van der Waals surface area contributed by atoms with Crippen molar-refractivity contribution in [3.05, 3.63) is 28.8 Å². The summed E-state index contributed by atoms with van der Waals surface area (Å²) in [5, 5.41) is 10.1. The monoisotopic (exact) mass is 278 g/mol. The summed E-state index contributed by atoms with van der Waals surface area (Å²) in [7, 11) is 0. The summed E-state index contributed by atoms with van der Waals surface area (Å²) >= 11 is 0. The molecule has 0 aliphatic heterocycles. The zero-order chi connectivity index (χ0) is 14.7. The molecule has 1 aromatic rings. The molecule has 2 rings (SSSR count). The Balaban J connectivity index is 2.25. The molecular formula is C16H22O4. The first kappa shape index (κ1) is 14.9. The summed E-state index contributed by atoms with van der Waals surface area (Å²) < 4.78 is 10.7. The van der Waals surface area contributed by atoms with Gasteiger partial charge < -0.3 is 14.6 Å². The van der Waals surface area contributed by atoms with Crippen LogP contribution in [0.3, 0.4) is 0 Å². The molecule has 1 saturated carbocycles. The number of carbonyl (C=O) groups is 1. The third-order valence-corrected chi connectivity index (χ3v) is 3.67. The van der Waals surface area contributed by atoms with Gasteiger partial charge in [0.2, 0.25) is 0 Å². The summed E-state index contributed by atoms with van der Waals surface area (Å²) in [6.45, 7) is 6.54. The first-order valence-electron chi connectivity index (χ1n) is 7.12. The second kappa shape index (κ2) is 6.27. The van der Waals surface area contributed by atoms with Gasteiger partial charge in [-0.25, -0.2) is 4.79 Å². The zero-order valence-electron chi connectivity index (χ0n) is 12.3. The predicted molar refractivity (Wildman–Crippen MR) is 75.7 cm³/mol. The molecule has 0 aromatic heterocycles. The topological polar surface area (TPSA) is 55.8 Å². The highest BCUT2D eigenvalue weighted by Gasteiger charge is 2.27. The van der Waals surface area contributed by atoms with Crippen LogP contribution in [0.15, 0.2) is 12.1 Å². The fourth-order valence-electron chi connectivity index (χ4n) is 2.05. The second-order valence-corrected chi connectivity index (χ2v) is 5.33. The normalized spacial score (nSPS) is 15.8. The lowest BCUT2D eigenvalue weighted by Gasteiger charge is -2.18. The molecule has 1 aliphatic carbocycles. The Kier molecular flexibility index (Phi) is 4.65. The number of hydrogen-bond acceptors (Lipinski definition) is 4. The van der Waals surface area contributed by atoms with Crippen molar-refractivity contribution >= 4 is 5.97 Å². The highest BCUT2D eigenvalue weighted by atomic mass is 16.5. The molecular weight excluding hydrogens is 256 g/mol. The van der Waals surface area contributed by atoms with Crippen LogP contribution in [0.1, 0.15) is 42.6 Å². The molecule has 4 heteroatoms. The van der Waals surface area contributed by atoms with Crippen molar-refractivity contribution in [3.8, 4) is 5.75 Å². The van der Waals surface area contributed by atoms with Crippen LogP contribution in [0.25, 0.3) is 0 Å². The predicted octanol–water partition coefficient (Wildman–Crippen LogP) is 2.69. The Labute approximate surface area is 119 Å². The lowest BCUT2D eigenvalue weighted by molar-refractivity contribution is -0.153. The van der Waals surface area contributed by atoms with E-state index in [2.05, 4.69) is 0 Å². The molecule has 1 unspecified atom stereocenters. The highest BCUT2D eigenvalue weighted by molar-refractivity contribution is 5.77. The Morgan fingerprint density at radius 2 is 2.10 bits per heavy atom. The van der Waals surface area contributed by atoms with Crippen molar-refractivity contribution in [1.82, 2.24) is 0 Å². The van der Waals surface area contributed by atoms with Gasteiger partial charge in [-0.15, -0.1) is 0 Å². The van der Waals surface area contributed by atoms with Gasteiger partial charge in [0.1, 0.15) is 5.75 Å². The van der Waals surface area contributed by atoms with Crippen molar-refractivity contribution in [2.75, 3.05) is 13.2 Å². The highest BCUT2D eigenvalue weighted by Crippen LogP contribution is 2.35. The van der Waals surface area contributed by atoms with Crippen LogP contribution in [0, 0.1) is 19.8 Å². The molecule has 1 atom stereocenters. The molecule has 0 saturated heterocycles. The fourth-order valence-corrected chi connectivity index (χ4v) is 2.05. The van der Waals surface area contributed by atoms with E-state index in [-0.39, 0.29) is 6.61 Å². The Bertz CT molecular complexity index is 491. The number of esters is 1. The number of aliphatic hydroxyl groups is 1. The van der Waals surface area contributed by atoms with Crippen LogP contribution in [-0.2, 0) is 9.53 Å². The van der Waals surface area contributed by atoms with E-state index >= 15 is 0 Å². The fraction of sp³-hybridized carbons (Fsp3) is 0.562. The number of ether oxygens (including phenoxy) is 2. The summed E-state index contributed by atoms with van der Waals surface area (Å²) in [6.07, 6.45) is 1.10. The van der Waals surface area contributed by atoms with E-state index in [1.165, 1.54) is 12.8 Å². The zero-order valence-corrected chi connectivity index (χ0v) is 12.3. The molecule has 1 aromatic carbocycles. The summed E-state index contributed by atoms with van der Waals surface area (Å²) in [5.41, 5.74) is 2.54. The Morgan fingerprint density at radius 3 is 2.70 bits per heavy atom. The van der Waals surface area contributed by atoms with Crippen molar-refractivity contribution in [2.45, 2.75) is 39.7 Å². The quantitative estimate of drug-likeness (QED) is 0.813. The minimum Gasteiger partial charge on any atom is -0.493 e. The molecule has 110 valence electrons. The van der Waals surface area contributed by atoms with Crippen LogP contribution in [0.4, 0.5) is 0 Å². The summed E-state index contributed by atoms with van der Waals surface area (Å²) in [4.78, 5) is 11.7. The van der Waals surface area contributed by atoms with Crippen molar-refractivity contribution in [3.63, 3.8) is 0 Å². The van der Waals surface area contributed by atoms with E-state index in [1.54, 1.807) is 13.0 Å². The first-order valence-corrected chi connectivity index (χ1v) is 7.12. The van der Waals surface area contributed by atoms with E-state index in [0.29, 0.717) is 23.8 Å². The van der Waals surface area contributed by atoms with Gasteiger partial charge in [-0.2, -0.15) is 0 Å². The standard InChI is InChI=1S/C16H22O4/c1-4-19-16(18)14(17)13-8-5-10(2)11(3)15(13)20-9-12-6-7-12/h5,8,12,14,17H,4,6-7,9H2,1-3H3. The number of carbonyl (C=O) groups excluding carboxylic acids is 1. The largest absolute Gasteiger partial charge is 0.493 e. The lowest BCUT2D eigenvalue weighted by Crippen LogP contribution is -2.17. The number of aliphatic hydroxyl groups excluding tert-OH is 1. The van der Waals surface area contributed by atoms with E-state index in [4.69, 9.17) is 9.47 Å². The van der Waals surface area contributed by atoms with Gasteiger partial charge >= 0.3 is 5.97 Å². The van der Waals surface area contributed by atoms with E-state index in [9.17, 15) is 9.90 Å². The smallest absolute Gasteiger partial charge is 0.339 e. The molecule has 0 heterocycles. The van der Waals surface area contributed by atoms with Gasteiger partial charge in [-0.1, -0.05) is 12.1 Å². The molecule has 0 spiro atoms. The first-order chi connectivity index (χ1) is 9.54. The van der Waals surface area contributed by atoms with Gasteiger partial charge in [-0.05, 0) is 50.7 Å². The Morgan fingerprint density at radius 1 is 1.40 bits per heavy atom. The molecule has 20 heavy (non-hydrogen) atoms. The van der Waals surface area contributed by atoms with E-state index < -0.39 is 12.1 Å². The average molecular weight is 278 g/mol. The molecule has 0 radical (unpaired) electrons. The number of aryl methyl sites for hydroxylation is 1. The van der Waals surface area contributed by atoms with Crippen LogP contribution < -0.4 is 4.74 Å². The van der Waals surface area contributed by atoms with Crippen LogP contribution in [0.5, 0.6) is 5.75 Å². The van der Waals surface area contributed by atoms with E-state index in [1.807, 2.05) is 19.9 Å². The van der Waals surface area contributed by atoms with Crippen molar-refractivity contribution < 1.29 is 19.4 Å². The number of rotatable bonds is 6. The molecule has 1 aliphatic rings. The van der Waals surface area contributed by atoms with Crippen molar-refractivity contribution in [1.29, 1.82) is 0 Å². The van der Waals surface area contributed by atoms with Crippen LogP contribution in [0.2, 0.25) is 0 Å². The van der Waals surface area contributed by atoms with Gasteiger partial charge in [0.25, 0.3) is 0 Å². The average Bonchev–Trinajstić information content (AvgIpc) is 3.24. The maximum atomic E-state index is 11.7. The van der Waals surface area contributed by atoms with Crippen molar-refractivity contribution in [2.24, 2.45) is 5.92 Å². The maximum Gasteiger partial charge on any atom is 0.339 e. The molecule has 0 amide bonds. The van der Waals surface area contributed by atoms with Gasteiger partial charge in [0, 0.05) is 5.56 Å². The van der Waals surface area contributed by atoms with Crippen LogP contribution in [-0.4, -0.2) is 24.3 Å². The Hall–Kier alpha value is -1.55. The molecule has 4 nitrogen and oxygen atoms in total. The van der Waals surface area contributed by atoms with Gasteiger partial charge in [0.15, 0.2) is 6.10 Å². The SMILES string of the molecule is CCOC(=O)C(O)c1ccc(C)c(C)c1OCC1CC1. The number of benzene rings is 1. The summed E-state index contributed by atoms with van der Waals surface area (Å²) in [5.74, 6) is 0.604. The molecule has 1 N–H and O–H groups in total. The summed E-state index contributed by atoms with van der Waals surface area (Å²) in [6, 6.07) is 3.63. The third-order valence-electron chi connectivity index (χ3n) is 3.67. The minimum absolute atomic E-state index is 0.249. The van der Waals surface area contributed by atoms with Gasteiger partial charge in [0.05, 0.1) is 13.2 Å². The molecule has 1 fully saturated rings. The minimum atomic E-state index is -1.29. The number of hydrogen-bond donors (Lipinski definition) is 1.